The van der Waals surface area contributed by atoms with Crippen molar-refractivity contribution in [3.8, 4) is 5.75 Å². The summed E-state index contributed by atoms with van der Waals surface area (Å²) in [7, 11) is 0. The molecule has 5 heterocycles. The Morgan fingerprint density at radius 2 is 1.76 bits per heavy atom. The van der Waals surface area contributed by atoms with Crippen molar-refractivity contribution in [2.45, 2.75) is 77.3 Å². The monoisotopic (exact) mass is 621 g/mol. The number of piperidine rings is 2. The van der Waals surface area contributed by atoms with Gasteiger partial charge in [0.15, 0.2) is 0 Å². The zero-order valence-corrected chi connectivity index (χ0v) is 26.3. The number of ether oxygens (including phenoxy) is 1. The van der Waals surface area contributed by atoms with Gasteiger partial charge in [-0.3, -0.25) is 14.5 Å². The third kappa shape index (κ3) is 6.92. The Balaban J connectivity index is 1.17. The average Bonchev–Trinajstić information content (AvgIpc) is 2.95. The first-order chi connectivity index (χ1) is 21.3. The lowest BCUT2D eigenvalue weighted by Gasteiger charge is -2.47. The fraction of sp³-hybridized carbons (Fsp3) is 0.594. The van der Waals surface area contributed by atoms with E-state index in [1.807, 2.05) is 0 Å². The summed E-state index contributed by atoms with van der Waals surface area (Å²) in [5, 5.41) is 27.5. The lowest BCUT2D eigenvalue weighted by atomic mass is 9.71. The van der Waals surface area contributed by atoms with Gasteiger partial charge in [0.25, 0.3) is 5.91 Å². The number of aliphatic hydroxyl groups is 1. The third-order valence-corrected chi connectivity index (χ3v) is 9.10. The van der Waals surface area contributed by atoms with Crippen LogP contribution in [0.25, 0.3) is 0 Å². The molecule has 1 aromatic carbocycles. The van der Waals surface area contributed by atoms with Crippen LogP contribution in [0.5, 0.6) is 5.75 Å². The second kappa shape index (κ2) is 12.0. The van der Waals surface area contributed by atoms with E-state index >= 15 is 0 Å². The Bertz CT molecular complexity index is 1460. The van der Waals surface area contributed by atoms with Crippen LogP contribution in [0.4, 0.5) is 16.6 Å². The van der Waals surface area contributed by atoms with E-state index in [2.05, 4.69) is 20.5 Å². The molecule has 3 amide bonds. The standard InChI is InChI=1S/C32H43N7O6/c1-18(40)37-16-23(17-37)34-28-11-25(35-30(36-28)38-13-19-7-20(8-19)14-38)29(43)33-12-27(42)26-10-21-5-6-24(41)9-22(21)15-39(26)31(44)45-32(2,3)4/h5-6,9,11,19-20,23,26-27,41-42H,7-8,10,12-17H2,1-4H3,(H,33,43)(H,34,35,36)/t19?,20?,26-,27+/m0/s1. The van der Waals surface area contributed by atoms with Crippen LogP contribution < -0.4 is 15.5 Å². The largest absolute Gasteiger partial charge is 0.508 e. The summed E-state index contributed by atoms with van der Waals surface area (Å²) in [6, 6.07) is 5.94. The van der Waals surface area contributed by atoms with Crippen molar-refractivity contribution in [3.05, 3.63) is 41.1 Å². The highest BCUT2D eigenvalue weighted by atomic mass is 16.6. The number of hydrogen-bond donors (Lipinski definition) is 4. The molecule has 5 aliphatic rings. The van der Waals surface area contributed by atoms with Gasteiger partial charge in [-0.15, -0.1) is 0 Å². The molecule has 2 atom stereocenters. The van der Waals surface area contributed by atoms with Gasteiger partial charge in [-0.25, -0.2) is 9.78 Å². The van der Waals surface area contributed by atoms with Gasteiger partial charge in [0.1, 0.15) is 22.9 Å². The van der Waals surface area contributed by atoms with Crippen LogP contribution in [0, 0.1) is 11.8 Å². The van der Waals surface area contributed by atoms with Crippen LogP contribution >= 0.6 is 0 Å². The van der Waals surface area contributed by atoms with Gasteiger partial charge in [0, 0.05) is 52.3 Å². The van der Waals surface area contributed by atoms with Crippen molar-refractivity contribution < 1.29 is 29.3 Å². The Hall–Kier alpha value is -4.13. The fourth-order valence-electron chi connectivity index (χ4n) is 6.72. The predicted octanol–water partition coefficient (Wildman–Crippen LogP) is 2.12. The van der Waals surface area contributed by atoms with Crippen molar-refractivity contribution in [1.82, 2.24) is 25.1 Å². The van der Waals surface area contributed by atoms with Crippen LogP contribution in [0.15, 0.2) is 24.3 Å². The molecule has 4 N–H and O–H groups in total. The average molecular weight is 622 g/mol. The minimum atomic E-state index is -1.11. The summed E-state index contributed by atoms with van der Waals surface area (Å²) in [4.78, 5) is 53.0. The SMILES string of the molecule is CC(=O)N1CC(Nc2cc(C(=O)NC[C@@H](O)[C@@H]3Cc4ccc(O)cc4CN3C(=O)OC(C)(C)C)nc(N3CC4CC(C4)C3)n2)C1. The molecular formula is C32H43N7O6. The second-order valence-corrected chi connectivity index (χ2v) is 13.9. The maximum Gasteiger partial charge on any atom is 0.410 e. The van der Waals surface area contributed by atoms with E-state index in [9.17, 15) is 24.6 Å². The maximum absolute atomic E-state index is 13.5. The van der Waals surface area contributed by atoms with Crippen molar-refractivity contribution in [1.29, 1.82) is 0 Å². The van der Waals surface area contributed by atoms with Gasteiger partial charge in [0.2, 0.25) is 11.9 Å². The minimum absolute atomic E-state index is 0.0208. The highest BCUT2D eigenvalue weighted by Crippen LogP contribution is 2.40. The number of nitrogens with zero attached hydrogens (tertiary/aromatic N) is 5. The van der Waals surface area contributed by atoms with Gasteiger partial charge < -0.3 is 35.4 Å². The predicted molar refractivity (Wildman–Crippen MR) is 166 cm³/mol. The topological polar surface area (TPSA) is 160 Å². The number of aliphatic hydroxyl groups excluding tert-OH is 1. The zero-order chi connectivity index (χ0) is 32.0. The molecule has 1 aromatic heterocycles. The molecule has 0 spiro atoms. The molecule has 1 aliphatic carbocycles. The minimum Gasteiger partial charge on any atom is -0.508 e. The zero-order valence-electron chi connectivity index (χ0n) is 26.3. The number of amides is 3. The van der Waals surface area contributed by atoms with E-state index in [1.54, 1.807) is 56.9 Å². The molecule has 13 heteroatoms. The first kappa shape index (κ1) is 30.9. The lowest BCUT2D eigenvalue weighted by molar-refractivity contribution is -0.132. The van der Waals surface area contributed by atoms with Gasteiger partial charge in [-0.1, -0.05) is 6.07 Å². The first-order valence-electron chi connectivity index (χ1n) is 15.7. The lowest BCUT2D eigenvalue weighted by Crippen LogP contribution is -2.56. The number of aromatic nitrogens is 2. The number of hydrogen-bond acceptors (Lipinski definition) is 10. The molecule has 45 heavy (non-hydrogen) atoms. The van der Waals surface area contributed by atoms with Crippen LogP contribution in [-0.4, -0.2) is 104 Å². The van der Waals surface area contributed by atoms with Gasteiger partial charge in [0.05, 0.1) is 18.2 Å². The molecule has 242 valence electrons. The number of phenols is 1. The maximum atomic E-state index is 13.5. The number of rotatable bonds is 7. The molecule has 2 aromatic rings. The Morgan fingerprint density at radius 1 is 1.04 bits per heavy atom. The number of benzene rings is 1. The highest BCUT2D eigenvalue weighted by Gasteiger charge is 2.39. The first-order valence-corrected chi connectivity index (χ1v) is 15.7. The molecule has 0 unspecified atom stereocenters. The molecule has 4 aliphatic heterocycles. The Kier molecular flexibility index (Phi) is 8.23. The molecule has 0 radical (unpaired) electrons. The van der Waals surface area contributed by atoms with E-state index in [1.165, 1.54) is 17.7 Å². The smallest absolute Gasteiger partial charge is 0.410 e. The molecular weight excluding hydrogens is 578 g/mol. The van der Waals surface area contributed by atoms with Crippen LogP contribution in [-0.2, 0) is 22.5 Å². The van der Waals surface area contributed by atoms with Gasteiger partial charge in [-0.2, -0.15) is 4.98 Å². The van der Waals surface area contributed by atoms with Crippen molar-refractivity contribution in [2.75, 3.05) is 42.9 Å². The number of fused-ring (bicyclic) bond motifs is 3. The van der Waals surface area contributed by atoms with Crippen molar-refractivity contribution in [2.24, 2.45) is 11.8 Å². The molecule has 4 fully saturated rings. The molecule has 2 bridgehead atoms. The van der Waals surface area contributed by atoms with E-state index in [4.69, 9.17) is 9.72 Å². The highest BCUT2D eigenvalue weighted by molar-refractivity contribution is 5.93. The number of phenolic OH excluding ortho intramolecular Hbond substituents is 1. The summed E-state index contributed by atoms with van der Waals surface area (Å²) in [5.74, 6) is 1.89. The number of nitrogens with one attached hydrogen (secondary N) is 2. The van der Waals surface area contributed by atoms with Gasteiger partial charge >= 0.3 is 6.09 Å². The molecule has 13 nitrogen and oxygen atoms in total. The van der Waals surface area contributed by atoms with E-state index in [0.29, 0.717) is 43.1 Å². The number of aromatic hydroxyl groups is 1. The summed E-state index contributed by atoms with van der Waals surface area (Å²) in [6.45, 7) is 9.72. The summed E-state index contributed by atoms with van der Waals surface area (Å²) >= 11 is 0. The van der Waals surface area contributed by atoms with Crippen LogP contribution in [0.3, 0.4) is 0 Å². The third-order valence-electron chi connectivity index (χ3n) is 9.10. The van der Waals surface area contributed by atoms with Gasteiger partial charge in [-0.05, 0) is 75.1 Å². The summed E-state index contributed by atoms with van der Waals surface area (Å²) in [5.41, 5.74) is 1.10. The van der Waals surface area contributed by atoms with E-state index in [0.717, 1.165) is 24.2 Å². The Labute approximate surface area is 262 Å². The number of anilines is 2. The number of carbonyl (C=O) groups excluding carboxylic acids is 3. The number of likely N-dealkylation sites (tertiary alicyclic amines) is 1. The molecule has 1 saturated carbocycles. The Morgan fingerprint density at radius 3 is 2.42 bits per heavy atom. The van der Waals surface area contributed by atoms with Crippen LogP contribution in [0.1, 0.15) is 62.2 Å². The van der Waals surface area contributed by atoms with Crippen LogP contribution in [0.2, 0.25) is 0 Å². The second-order valence-electron chi connectivity index (χ2n) is 13.9. The van der Waals surface area contributed by atoms with E-state index < -0.39 is 29.7 Å². The normalized spacial score (nSPS) is 23.3. The molecule has 7 rings (SSSR count). The van der Waals surface area contributed by atoms with Crippen molar-refractivity contribution in [3.63, 3.8) is 0 Å². The summed E-state index contributed by atoms with van der Waals surface area (Å²) in [6.07, 6.45) is 1.07. The fourth-order valence-corrected chi connectivity index (χ4v) is 6.72. The molecule has 3 saturated heterocycles. The van der Waals surface area contributed by atoms with Crippen molar-refractivity contribution >= 4 is 29.7 Å². The van der Waals surface area contributed by atoms with E-state index in [-0.39, 0.29) is 36.5 Å². The number of carbonyl (C=O) groups is 3. The quantitative estimate of drug-likeness (QED) is 0.361. The summed E-state index contributed by atoms with van der Waals surface area (Å²) < 4.78 is 5.63.